The normalized spacial score (nSPS) is 16.0. The maximum absolute atomic E-state index is 13.7. The van der Waals surface area contributed by atoms with E-state index >= 15 is 0 Å². The fourth-order valence-corrected chi connectivity index (χ4v) is 7.68. The molecule has 1 N–H and O–H groups in total. The van der Waals surface area contributed by atoms with Gasteiger partial charge < -0.3 is 14.2 Å². The van der Waals surface area contributed by atoms with Crippen molar-refractivity contribution in [1.29, 1.82) is 0 Å². The number of aromatic nitrogens is 2. The third-order valence-corrected chi connectivity index (χ3v) is 10.2. The maximum atomic E-state index is 13.7. The number of imidazole rings is 1. The molecule has 1 aliphatic rings. The van der Waals surface area contributed by atoms with Gasteiger partial charge in [0.1, 0.15) is 11.6 Å². The number of nitrogens with zero attached hydrogens (tertiary/aromatic N) is 4. The summed E-state index contributed by atoms with van der Waals surface area (Å²) in [5.41, 5.74) is 2.03. The van der Waals surface area contributed by atoms with E-state index in [2.05, 4.69) is 92.3 Å². The Morgan fingerprint density at radius 2 is 1.94 bits per heavy atom. The van der Waals surface area contributed by atoms with Crippen LogP contribution < -0.4 is 20.2 Å². The van der Waals surface area contributed by atoms with Crippen molar-refractivity contribution in [2.24, 2.45) is 10.9 Å². The average molecular weight is 670 g/mol. The number of carbonyl (C=O) groups is 1. The van der Waals surface area contributed by atoms with Crippen LogP contribution in [0.5, 0.6) is 5.75 Å². The van der Waals surface area contributed by atoms with Gasteiger partial charge in [-0.2, -0.15) is 0 Å². The van der Waals surface area contributed by atoms with Crippen molar-refractivity contribution >= 4 is 36.7 Å². The number of aliphatic imine (C=N–C) groups is 1. The first-order valence-corrected chi connectivity index (χ1v) is 18.3. The van der Waals surface area contributed by atoms with Crippen LogP contribution in [-0.4, -0.2) is 59.9 Å². The summed E-state index contributed by atoms with van der Waals surface area (Å²) in [7, 11) is 1.67. The number of likely N-dealkylation sites (tertiary alicyclic amines) is 1. The number of hydrogen-bond acceptors (Lipinski definition) is 6. The number of ether oxygens (including phenoxy) is 1. The van der Waals surface area contributed by atoms with Gasteiger partial charge in [0.25, 0.3) is 5.91 Å². The smallest absolute Gasteiger partial charge is 0.253 e. The highest BCUT2D eigenvalue weighted by atomic mass is 32.2. The Bertz CT molecular complexity index is 1640. The van der Waals surface area contributed by atoms with Crippen LogP contribution in [0, 0.1) is 12.8 Å². The van der Waals surface area contributed by atoms with Gasteiger partial charge in [-0.3, -0.25) is 14.5 Å². The SMILES string of the molecule is C=c1nc(C)n(C(CC=NCCC2(c3ccccc3)CCN(C(=O)c3ccc(OC)c(SNCCC)c3)CC2)CC(C)C)/c1=C/C=C\C. The van der Waals surface area contributed by atoms with E-state index in [4.69, 9.17) is 14.7 Å². The Morgan fingerprint density at radius 3 is 2.60 bits per heavy atom. The lowest BCUT2D eigenvalue weighted by Crippen LogP contribution is -2.45. The second-order valence-corrected chi connectivity index (χ2v) is 14.1. The van der Waals surface area contributed by atoms with Crippen molar-refractivity contribution in [3.05, 3.63) is 88.3 Å². The summed E-state index contributed by atoms with van der Waals surface area (Å²) in [6.45, 7) is 18.1. The molecule has 1 atom stereocenters. The van der Waals surface area contributed by atoms with Gasteiger partial charge in [0.2, 0.25) is 0 Å². The Hall–Kier alpha value is -3.62. The molecule has 8 heteroatoms. The fourth-order valence-electron chi connectivity index (χ4n) is 6.78. The summed E-state index contributed by atoms with van der Waals surface area (Å²) >= 11 is 1.52. The van der Waals surface area contributed by atoms with Crippen LogP contribution in [0.15, 0.2) is 70.6 Å². The summed E-state index contributed by atoms with van der Waals surface area (Å²) in [6, 6.07) is 16.8. The molecule has 2 aromatic carbocycles. The summed E-state index contributed by atoms with van der Waals surface area (Å²) in [5.74, 6) is 2.40. The number of aryl methyl sites for hydroxylation is 1. The number of amides is 1. The highest BCUT2D eigenvalue weighted by molar-refractivity contribution is 7.97. The van der Waals surface area contributed by atoms with E-state index in [0.717, 1.165) is 91.9 Å². The molecule has 0 radical (unpaired) electrons. The van der Waals surface area contributed by atoms with Crippen molar-refractivity contribution in [2.75, 3.05) is 33.3 Å². The number of nitrogens with one attached hydrogen (secondary N) is 1. The van der Waals surface area contributed by atoms with Crippen LogP contribution in [0.3, 0.4) is 0 Å². The van der Waals surface area contributed by atoms with Crippen LogP contribution in [0.1, 0.15) is 94.0 Å². The molecule has 0 bridgehead atoms. The van der Waals surface area contributed by atoms with E-state index < -0.39 is 0 Å². The van der Waals surface area contributed by atoms with Gasteiger partial charge >= 0.3 is 0 Å². The zero-order chi connectivity index (χ0) is 34.5. The number of piperidine rings is 1. The van der Waals surface area contributed by atoms with E-state index in [0.29, 0.717) is 11.5 Å². The van der Waals surface area contributed by atoms with Crippen molar-refractivity contribution in [2.45, 2.75) is 89.5 Å². The molecule has 1 amide bonds. The quantitative estimate of drug-likeness (QED) is 0.0986. The summed E-state index contributed by atoms with van der Waals surface area (Å²) in [6.07, 6.45) is 14.0. The largest absolute Gasteiger partial charge is 0.496 e. The molecule has 1 fully saturated rings. The lowest BCUT2D eigenvalue weighted by atomic mass is 9.70. The van der Waals surface area contributed by atoms with Gasteiger partial charge in [-0.05, 0) is 93.7 Å². The minimum atomic E-state index is -0.0178. The van der Waals surface area contributed by atoms with E-state index in [1.807, 2.05) is 36.1 Å². The third-order valence-electron chi connectivity index (χ3n) is 9.32. The first-order valence-electron chi connectivity index (χ1n) is 17.5. The number of benzene rings is 2. The molecule has 1 aromatic heterocycles. The van der Waals surface area contributed by atoms with Gasteiger partial charge in [-0.25, -0.2) is 4.98 Å². The Morgan fingerprint density at radius 1 is 1.19 bits per heavy atom. The highest BCUT2D eigenvalue weighted by Crippen LogP contribution is 2.39. The lowest BCUT2D eigenvalue weighted by Gasteiger charge is -2.42. The van der Waals surface area contributed by atoms with E-state index in [1.165, 1.54) is 17.5 Å². The fraction of sp³-hybridized carbons (Fsp3) is 0.475. The van der Waals surface area contributed by atoms with Gasteiger partial charge in [-0.1, -0.05) is 69.8 Å². The summed E-state index contributed by atoms with van der Waals surface area (Å²) < 4.78 is 11.3. The number of carbonyl (C=O) groups excluding carboxylic acids is 1. The first kappa shape index (κ1) is 37.2. The molecular formula is C40H55N5O2S. The number of allylic oxidation sites excluding steroid dienone is 2. The molecule has 4 rings (SSSR count). The molecule has 0 aliphatic carbocycles. The molecule has 1 unspecified atom stereocenters. The van der Waals surface area contributed by atoms with E-state index in [1.54, 1.807) is 7.11 Å². The molecule has 0 spiro atoms. The summed E-state index contributed by atoms with van der Waals surface area (Å²) in [5, 5.41) is 1.90. The minimum Gasteiger partial charge on any atom is -0.496 e. The third kappa shape index (κ3) is 9.50. The van der Waals surface area contributed by atoms with Gasteiger partial charge in [0.15, 0.2) is 0 Å². The highest BCUT2D eigenvalue weighted by Gasteiger charge is 2.37. The van der Waals surface area contributed by atoms with Gasteiger partial charge in [-0.15, -0.1) is 0 Å². The van der Waals surface area contributed by atoms with E-state index in [-0.39, 0.29) is 17.4 Å². The maximum Gasteiger partial charge on any atom is 0.253 e. The van der Waals surface area contributed by atoms with Crippen LogP contribution in [-0.2, 0) is 5.41 Å². The number of hydrogen-bond donors (Lipinski definition) is 1. The van der Waals surface area contributed by atoms with Crippen molar-refractivity contribution < 1.29 is 9.53 Å². The van der Waals surface area contributed by atoms with Crippen LogP contribution >= 0.6 is 11.9 Å². The molecule has 1 aliphatic heterocycles. The Labute approximate surface area is 292 Å². The van der Waals surface area contributed by atoms with Crippen LogP contribution in [0.4, 0.5) is 0 Å². The predicted molar refractivity (Wildman–Crippen MR) is 203 cm³/mol. The lowest BCUT2D eigenvalue weighted by molar-refractivity contribution is 0.0660. The topological polar surface area (TPSA) is 71.8 Å². The monoisotopic (exact) mass is 669 g/mol. The van der Waals surface area contributed by atoms with Gasteiger partial charge in [0.05, 0.1) is 22.7 Å². The molecular weight excluding hydrogens is 615 g/mol. The zero-order valence-electron chi connectivity index (χ0n) is 29.9. The van der Waals surface area contributed by atoms with Crippen LogP contribution in [0.25, 0.3) is 12.7 Å². The predicted octanol–water partition coefficient (Wildman–Crippen LogP) is 7.29. The van der Waals surface area contributed by atoms with Crippen molar-refractivity contribution in [3.8, 4) is 5.75 Å². The molecule has 1 saturated heterocycles. The standard InChI is InChI=1S/C40H55N5O2S/c1-8-10-16-36-31(5)43-32(6)45(36)35(28-30(3)4)19-24-41-25-20-40(34-14-12-11-13-15-34)21-26-44(27-22-40)39(46)33-17-18-37(47-7)38(29-33)48-42-23-9-2/h8,10-18,24,29-30,35,42H,5,9,19-23,25-28H2,1-4,6-7H3/b10-8-,36-16+,41-24?. The molecule has 48 heavy (non-hydrogen) atoms. The van der Waals surface area contributed by atoms with Crippen LogP contribution in [0.2, 0.25) is 0 Å². The number of rotatable bonds is 16. The zero-order valence-corrected chi connectivity index (χ0v) is 30.7. The first-order chi connectivity index (χ1) is 23.2. The van der Waals surface area contributed by atoms with E-state index in [9.17, 15) is 4.79 Å². The molecule has 258 valence electrons. The molecule has 3 aromatic rings. The summed E-state index contributed by atoms with van der Waals surface area (Å²) in [4.78, 5) is 26.4. The Kier molecular flexibility index (Phi) is 14.1. The average Bonchev–Trinajstić information content (AvgIpc) is 3.38. The number of methoxy groups -OCH3 is 1. The molecule has 7 nitrogen and oxygen atoms in total. The Balaban J connectivity index is 1.46. The second kappa shape index (κ2) is 18.2. The minimum absolute atomic E-state index is 0.0178. The van der Waals surface area contributed by atoms with Crippen molar-refractivity contribution in [1.82, 2.24) is 19.2 Å². The van der Waals surface area contributed by atoms with Crippen molar-refractivity contribution in [3.63, 3.8) is 0 Å². The molecule has 2 heterocycles. The van der Waals surface area contributed by atoms with Gasteiger partial charge in [0, 0.05) is 55.8 Å². The second-order valence-electron chi connectivity index (χ2n) is 13.2. The molecule has 0 saturated carbocycles.